The Morgan fingerprint density at radius 1 is 1.47 bits per heavy atom. The molecule has 1 unspecified atom stereocenters. The van der Waals surface area contributed by atoms with Gasteiger partial charge in [-0.2, -0.15) is 13.2 Å². The summed E-state index contributed by atoms with van der Waals surface area (Å²) in [4.78, 5) is 12.5. The molecular formula is C9H15F3N2O. The maximum atomic E-state index is 12.5. The summed E-state index contributed by atoms with van der Waals surface area (Å²) in [6.45, 7) is 0. The predicted molar refractivity (Wildman–Crippen MR) is 49.0 cm³/mol. The second-order valence-electron chi connectivity index (χ2n) is 4.32. The minimum Gasteiger partial charge on any atom is -0.347 e. The van der Waals surface area contributed by atoms with Crippen LogP contribution in [-0.4, -0.2) is 37.1 Å². The number of halogens is 3. The number of amides is 1. The minimum absolute atomic E-state index is 0.0882. The lowest BCUT2D eigenvalue weighted by Gasteiger charge is -2.24. The van der Waals surface area contributed by atoms with Crippen LogP contribution in [0.5, 0.6) is 0 Å². The lowest BCUT2D eigenvalue weighted by atomic mass is 9.96. The molecule has 88 valence electrons. The lowest BCUT2D eigenvalue weighted by Crippen LogP contribution is -2.43. The molecular weight excluding hydrogens is 209 g/mol. The number of likely N-dealkylation sites (N-methyl/N-ethyl adjacent to an activating group) is 1. The highest BCUT2D eigenvalue weighted by atomic mass is 19.4. The Bertz CT molecular complexity index is 259. The number of hydrogen-bond acceptors (Lipinski definition) is 2. The van der Waals surface area contributed by atoms with Crippen molar-refractivity contribution < 1.29 is 18.0 Å². The second-order valence-corrected chi connectivity index (χ2v) is 4.32. The highest BCUT2D eigenvalue weighted by Gasteiger charge is 2.63. The number of carbonyl (C=O) groups is 1. The maximum Gasteiger partial charge on any atom is 0.394 e. The highest BCUT2D eigenvalue weighted by molar-refractivity contribution is 5.81. The Kier molecular flexibility index (Phi) is 3.00. The van der Waals surface area contributed by atoms with Gasteiger partial charge in [-0.1, -0.05) is 0 Å². The van der Waals surface area contributed by atoms with E-state index in [1.165, 1.54) is 19.0 Å². The van der Waals surface area contributed by atoms with Crippen LogP contribution in [0.2, 0.25) is 0 Å². The Morgan fingerprint density at radius 2 is 1.93 bits per heavy atom. The van der Waals surface area contributed by atoms with Crippen LogP contribution in [0.1, 0.15) is 19.3 Å². The van der Waals surface area contributed by atoms with Crippen molar-refractivity contribution in [3.05, 3.63) is 0 Å². The molecule has 0 aromatic heterocycles. The second kappa shape index (κ2) is 3.66. The molecule has 6 heteroatoms. The van der Waals surface area contributed by atoms with Crippen molar-refractivity contribution >= 4 is 5.91 Å². The van der Waals surface area contributed by atoms with Gasteiger partial charge in [0.25, 0.3) is 0 Å². The molecule has 0 saturated heterocycles. The average Bonchev–Trinajstić information content (AvgIpc) is 2.82. The van der Waals surface area contributed by atoms with Crippen molar-refractivity contribution in [2.24, 2.45) is 11.1 Å². The monoisotopic (exact) mass is 224 g/mol. The lowest BCUT2D eigenvalue weighted by molar-refractivity contribution is -0.190. The van der Waals surface area contributed by atoms with E-state index in [0.717, 1.165) is 0 Å². The summed E-state index contributed by atoms with van der Waals surface area (Å²) in [5, 5.41) is 0. The molecule has 1 rings (SSSR count). The summed E-state index contributed by atoms with van der Waals surface area (Å²) in [5.74, 6) is -0.453. The average molecular weight is 224 g/mol. The molecule has 15 heavy (non-hydrogen) atoms. The molecule has 1 aliphatic carbocycles. The van der Waals surface area contributed by atoms with Gasteiger partial charge < -0.3 is 10.6 Å². The number of nitrogens with zero attached hydrogens (tertiary/aromatic N) is 1. The van der Waals surface area contributed by atoms with E-state index < -0.39 is 23.5 Å². The normalized spacial score (nSPS) is 20.9. The number of hydrogen-bond donors (Lipinski definition) is 1. The number of alkyl halides is 3. The van der Waals surface area contributed by atoms with Crippen molar-refractivity contribution in [1.82, 2.24) is 4.90 Å². The van der Waals surface area contributed by atoms with Gasteiger partial charge in [0.15, 0.2) is 0 Å². The molecule has 1 aliphatic rings. The summed E-state index contributed by atoms with van der Waals surface area (Å²) >= 11 is 0. The molecule has 3 nitrogen and oxygen atoms in total. The van der Waals surface area contributed by atoms with Crippen LogP contribution in [0.3, 0.4) is 0 Å². The third kappa shape index (κ3) is 2.42. The standard InChI is InChI=1S/C9H15F3N2O/c1-14(2)7(15)6(13)5-8(3-4-8)9(10,11)12/h6H,3-5,13H2,1-2H3. The summed E-state index contributed by atoms with van der Waals surface area (Å²) in [7, 11) is 2.96. The summed E-state index contributed by atoms with van der Waals surface area (Å²) < 4.78 is 37.6. The van der Waals surface area contributed by atoms with Gasteiger partial charge in [-0.15, -0.1) is 0 Å². The van der Waals surface area contributed by atoms with Crippen molar-refractivity contribution in [3.63, 3.8) is 0 Å². The van der Waals surface area contributed by atoms with Crippen LogP contribution in [0.25, 0.3) is 0 Å². The van der Waals surface area contributed by atoms with E-state index in [0.29, 0.717) is 0 Å². The molecule has 0 radical (unpaired) electrons. The number of rotatable bonds is 3. The quantitative estimate of drug-likeness (QED) is 0.781. The van der Waals surface area contributed by atoms with Crippen LogP contribution in [-0.2, 0) is 4.79 Å². The molecule has 2 N–H and O–H groups in total. The Balaban J connectivity index is 2.60. The van der Waals surface area contributed by atoms with E-state index in [4.69, 9.17) is 5.73 Å². The Hall–Kier alpha value is -0.780. The van der Waals surface area contributed by atoms with Crippen LogP contribution >= 0.6 is 0 Å². The molecule has 0 aromatic rings. The first-order chi connectivity index (χ1) is 6.69. The minimum atomic E-state index is -4.24. The van der Waals surface area contributed by atoms with E-state index in [1.807, 2.05) is 0 Å². The third-order valence-corrected chi connectivity index (χ3v) is 2.82. The van der Waals surface area contributed by atoms with Crippen LogP contribution in [0.15, 0.2) is 0 Å². The molecule has 0 aliphatic heterocycles. The first-order valence-electron chi connectivity index (χ1n) is 4.73. The summed E-state index contributed by atoms with van der Waals surface area (Å²) in [6, 6.07) is -1.05. The number of nitrogens with two attached hydrogens (primary N) is 1. The van der Waals surface area contributed by atoms with Gasteiger partial charge in [-0.05, 0) is 19.3 Å². The zero-order chi connectivity index (χ0) is 11.9. The van der Waals surface area contributed by atoms with Gasteiger partial charge in [0, 0.05) is 14.1 Å². The third-order valence-electron chi connectivity index (χ3n) is 2.82. The largest absolute Gasteiger partial charge is 0.394 e. The smallest absolute Gasteiger partial charge is 0.347 e. The fourth-order valence-electron chi connectivity index (χ4n) is 1.59. The number of carbonyl (C=O) groups excluding carboxylic acids is 1. The van der Waals surface area contributed by atoms with E-state index in [1.54, 1.807) is 0 Å². The zero-order valence-corrected chi connectivity index (χ0v) is 8.77. The van der Waals surface area contributed by atoms with Crippen molar-refractivity contribution in [2.45, 2.75) is 31.5 Å². The Morgan fingerprint density at radius 3 is 2.20 bits per heavy atom. The molecule has 0 spiro atoms. The first-order valence-corrected chi connectivity index (χ1v) is 4.73. The predicted octanol–water partition coefficient (Wildman–Crippen LogP) is 1.13. The molecule has 1 saturated carbocycles. The molecule has 1 fully saturated rings. The molecule has 0 aromatic carbocycles. The summed E-state index contributed by atoms with van der Waals surface area (Å²) in [6.07, 6.45) is -4.36. The molecule has 0 bridgehead atoms. The van der Waals surface area contributed by atoms with E-state index >= 15 is 0 Å². The zero-order valence-electron chi connectivity index (χ0n) is 8.77. The van der Waals surface area contributed by atoms with E-state index in [2.05, 4.69) is 0 Å². The maximum absolute atomic E-state index is 12.5. The Labute approximate surface area is 86.4 Å². The van der Waals surface area contributed by atoms with Gasteiger partial charge >= 0.3 is 6.18 Å². The SMILES string of the molecule is CN(C)C(=O)C(N)CC1(C(F)(F)F)CC1. The van der Waals surface area contributed by atoms with Crippen LogP contribution in [0, 0.1) is 5.41 Å². The fraction of sp³-hybridized carbons (Fsp3) is 0.889. The van der Waals surface area contributed by atoms with Crippen molar-refractivity contribution in [3.8, 4) is 0 Å². The van der Waals surface area contributed by atoms with Crippen molar-refractivity contribution in [1.29, 1.82) is 0 Å². The first kappa shape index (κ1) is 12.3. The summed E-state index contributed by atoms with van der Waals surface area (Å²) in [5.41, 5.74) is 3.75. The highest BCUT2D eigenvalue weighted by Crippen LogP contribution is 2.60. The molecule has 1 amide bonds. The van der Waals surface area contributed by atoms with Crippen LogP contribution < -0.4 is 5.73 Å². The van der Waals surface area contributed by atoms with Gasteiger partial charge in [-0.3, -0.25) is 4.79 Å². The van der Waals surface area contributed by atoms with Gasteiger partial charge in [0.05, 0.1) is 11.5 Å². The van der Waals surface area contributed by atoms with Gasteiger partial charge in [0.2, 0.25) is 5.91 Å². The molecule has 1 atom stereocenters. The van der Waals surface area contributed by atoms with Gasteiger partial charge in [0.1, 0.15) is 0 Å². The van der Waals surface area contributed by atoms with E-state index in [-0.39, 0.29) is 19.3 Å². The topological polar surface area (TPSA) is 46.3 Å². The molecule has 0 heterocycles. The van der Waals surface area contributed by atoms with Gasteiger partial charge in [-0.25, -0.2) is 0 Å². The van der Waals surface area contributed by atoms with E-state index in [9.17, 15) is 18.0 Å². The van der Waals surface area contributed by atoms with Crippen LogP contribution in [0.4, 0.5) is 13.2 Å². The van der Waals surface area contributed by atoms with Crippen molar-refractivity contribution in [2.75, 3.05) is 14.1 Å². The fourth-order valence-corrected chi connectivity index (χ4v) is 1.59.